The standard InChI is InChI=1S/C17H20FN3O5/c18-12-7-10(21-3-4-26-8-15(21)23)1-2-13(12)20-17(25)9-5-11(16(19)24)14(22)6-9/h1-2,7,9,11,14,22H,3-6,8H2,(H2,19,24)(H,20,25). The highest BCUT2D eigenvalue weighted by Crippen LogP contribution is 2.32. The summed E-state index contributed by atoms with van der Waals surface area (Å²) in [6.07, 6.45) is -0.742. The fourth-order valence-corrected chi connectivity index (χ4v) is 3.33. The van der Waals surface area contributed by atoms with E-state index in [4.69, 9.17) is 10.5 Å². The number of hydrogen-bond donors (Lipinski definition) is 3. The second-order valence-electron chi connectivity index (χ2n) is 6.50. The Balaban J connectivity index is 1.68. The Kier molecular flexibility index (Phi) is 5.19. The van der Waals surface area contributed by atoms with Gasteiger partial charge < -0.3 is 25.8 Å². The number of aliphatic hydroxyl groups is 1. The Hall–Kier alpha value is -2.52. The molecule has 3 rings (SSSR count). The molecule has 1 saturated heterocycles. The molecule has 1 aliphatic carbocycles. The lowest BCUT2D eigenvalue weighted by atomic mass is 10.0. The number of morpholine rings is 1. The summed E-state index contributed by atoms with van der Waals surface area (Å²) < 4.78 is 19.4. The van der Waals surface area contributed by atoms with Crippen molar-refractivity contribution in [1.29, 1.82) is 0 Å². The average Bonchev–Trinajstić information content (AvgIpc) is 2.99. The third-order valence-corrected chi connectivity index (χ3v) is 4.77. The van der Waals surface area contributed by atoms with Gasteiger partial charge in [-0.05, 0) is 31.0 Å². The van der Waals surface area contributed by atoms with Crippen LogP contribution >= 0.6 is 0 Å². The van der Waals surface area contributed by atoms with E-state index in [-0.39, 0.29) is 31.0 Å². The number of nitrogens with zero attached hydrogens (tertiary/aromatic N) is 1. The van der Waals surface area contributed by atoms with Crippen LogP contribution in [0.25, 0.3) is 0 Å². The van der Waals surface area contributed by atoms with Crippen molar-refractivity contribution >= 4 is 29.1 Å². The second-order valence-corrected chi connectivity index (χ2v) is 6.50. The molecule has 140 valence electrons. The summed E-state index contributed by atoms with van der Waals surface area (Å²) in [7, 11) is 0. The van der Waals surface area contributed by atoms with Crippen LogP contribution in [0.3, 0.4) is 0 Å². The number of primary amides is 1. The minimum atomic E-state index is -0.970. The summed E-state index contributed by atoms with van der Waals surface area (Å²) in [5.74, 6) is -3.47. The summed E-state index contributed by atoms with van der Waals surface area (Å²) in [4.78, 5) is 36.8. The predicted octanol–water partition coefficient (Wildman–Crippen LogP) is -0.000200. The molecular weight excluding hydrogens is 345 g/mol. The highest BCUT2D eigenvalue weighted by Gasteiger charge is 2.40. The zero-order chi connectivity index (χ0) is 18.8. The number of nitrogens with one attached hydrogen (secondary N) is 1. The van der Waals surface area contributed by atoms with Crippen molar-refractivity contribution in [2.24, 2.45) is 17.6 Å². The number of halogens is 1. The van der Waals surface area contributed by atoms with Crippen LogP contribution in [0, 0.1) is 17.7 Å². The maximum Gasteiger partial charge on any atom is 0.253 e. The zero-order valence-corrected chi connectivity index (χ0v) is 14.0. The van der Waals surface area contributed by atoms with Gasteiger partial charge in [0.15, 0.2) is 0 Å². The fourth-order valence-electron chi connectivity index (χ4n) is 3.33. The van der Waals surface area contributed by atoms with Gasteiger partial charge in [-0.15, -0.1) is 0 Å². The lowest BCUT2D eigenvalue weighted by molar-refractivity contribution is -0.126. The van der Waals surface area contributed by atoms with Crippen LogP contribution in [0.4, 0.5) is 15.8 Å². The van der Waals surface area contributed by atoms with E-state index in [0.717, 1.165) is 0 Å². The van der Waals surface area contributed by atoms with E-state index in [1.807, 2.05) is 0 Å². The van der Waals surface area contributed by atoms with E-state index in [1.54, 1.807) is 0 Å². The number of nitrogens with two attached hydrogens (primary N) is 1. The van der Waals surface area contributed by atoms with Crippen LogP contribution in [0.15, 0.2) is 18.2 Å². The molecule has 26 heavy (non-hydrogen) atoms. The largest absolute Gasteiger partial charge is 0.392 e. The van der Waals surface area contributed by atoms with Crippen molar-refractivity contribution < 1.29 is 28.6 Å². The first kappa shape index (κ1) is 18.3. The smallest absolute Gasteiger partial charge is 0.253 e. The molecule has 3 unspecified atom stereocenters. The van der Waals surface area contributed by atoms with Gasteiger partial charge in [-0.1, -0.05) is 0 Å². The first-order valence-corrected chi connectivity index (χ1v) is 8.32. The molecule has 0 spiro atoms. The third kappa shape index (κ3) is 3.68. The molecule has 2 aliphatic rings. The molecule has 3 amide bonds. The molecule has 3 atom stereocenters. The van der Waals surface area contributed by atoms with E-state index < -0.39 is 35.6 Å². The number of rotatable bonds is 4. The highest BCUT2D eigenvalue weighted by molar-refractivity contribution is 5.96. The number of aliphatic hydroxyl groups excluding tert-OH is 1. The Morgan fingerprint density at radius 3 is 2.73 bits per heavy atom. The Labute approximate surface area is 149 Å². The quantitative estimate of drug-likeness (QED) is 0.693. The lowest BCUT2D eigenvalue weighted by Gasteiger charge is -2.27. The highest BCUT2D eigenvalue weighted by atomic mass is 19.1. The first-order valence-electron chi connectivity index (χ1n) is 8.32. The molecule has 1 aliphatic heterocycles. The van der Waals surface area contributed by atoms with Gasteiger partial charge >= 0.3 is 0 Å². The maximum atomic E-state index is 14.4. The normalized spacial score (nSPS) is 26.0. The molecule has 4 N–H and O–H groups in total. The van der Waals surface area contributed by atoms with Crippen molar-refractivity contribution in [2.75, 3.05) is 30.0 Å². The zero-order valence-electron chi connectivity index (χ0n) is 14.0. The summed E-state index contributed by atoms with van der Waals surface area (Å²) in [6, 6.07) is 4.09. The monoisotopic (exact) mass is 365 g/mol. The van der Waals surface area contributed by atoms with Crippen LogP contribution < -0.4 is 16.0 Å². The SMILES string of the molecule is NC(=O)C1CC(C(=O)Nc2ccc(N3CCOCC3=O)cc2F)CC1O. The molecule has 1 aromatic rings. The number of amides is 3. The van der Waals surface area contributed by atoms with Crippen molar-refractivity contribution in [3.8, 4) is 0 Å². The average molecular weight is 365 g/mol. The van der Waals surface area contributed by atoms with E-state index in [2.05, 4.69) is 5.32 Å². The second kappa shape index (κ2) is 7.38. The van der Waals surface area contributed by atoms with Crippen LogP contribution in [0.2, 0.25) is 0 Å². The number of benzene rings is 1. The molecule has 2 fully saturated rings. The Morgan fingerprint density at radius 2 is 2.12 bits per heavy atom. The van der Waals surface area contributed by atoms with E-state index in [0.29, 0.717) is 18.8 Å². The van der Waals surface area contributed by atoms with Crippen molar-refractivity contribution in [2.45, 2.75) is 18.9 Å². The Morgan fingerprint density at radius 1 is 1.35 bits per heavy atom. The van der Waals surface area contributed by atoms with Gasteiger partial charge in [-0.3, -0.25) is 14.4 Å². The van der Waals surface area contributed by atoms with E-state index in [9.17, 15) is 23.9 Å². The molecule has 0 bridgehead atoms. The molecule has 1 heterocycles. The summed E-state index contributed by atoms with van der Waals surface area (Å²) in [5, 5.41) is 12.3. The van der Waals surface area contributed by atoms with Gasteiger partial charge in [0.1, 0.15) is 12.4 Å². The van der Waals surface area contributed by atoms with E-state index >= 15 is 0 Å². The fraction of sp³-hybridized carbons (Fsp3) is 0.471. The van der Waals surface area contributed by atoms with Gasteiger partial charge in [-0.2, -0.15) is 0 Å². The molecule has 9 heteroatoms. The summed E-state index contributed by atoms with van der Waals surface area (Å²) in [5.41, 5.74) is 5.55. The van der Waals surface area contributed by atoms with E-state index in [1.165, 1.54) is 23.1 Å². The Bertz CT molecular complexity index is 741. The molecular formula is C17H20FN3O5. The molecule has 1 saturated carbocycles. The van der Waals surface area contributed by atoms with Gasteiger partial charge in [-0.25, -0.2) is 4.39 Å². The topological polar surface area (TPSA) is 122 Å². The number of anilines is 2. The van der Waals surface area contributed by atoms with Gasteiger partial charge in [0.25, 0.3) is 5.91 Å². The number of carbonyl (C=O) groups excluding carboxylic acids is 3. The third-order valence-electron chi connectivity index (χ3n) is 4.77. The van der Waals surface area contributed by atoms with Gasteiger partial charge in [0.05, 0.1) is 24.3 Å². The first-order chi connectivity index (χ1) is 12.4. The number of ether oxygens (including phenoxy) is 1. The van der Waals surface area contributed by atoms with Crippen LogP contribution in [-0.4, -0.2) is 48.7 Å². The van der Waals surface area contributed by atoms with Crippen LogP contribution in [0.1, 0.15) is 12.8 Å². The lowest BCUT2D eigenvalue weighted by Crippen LogP contribution is -2.41. The maximum absolute atomic E-state index is 14.4. The van der Waals surface area contributed by atoms with Crippen molar-refractivity contribution in [3.63, 3.8) is 0 Å². The molecule has 8 nitrogen and oxygen atoms in total. The summed E-state index contributed by atoms with van der Waals surface area (Å²) in [6.45, 7) is 0.653. The minimum absolute atomic E-state index is 0.0310. The minimum Gasteiger partial charge on any atom is -0.392 e. The number of carbonyl (C=O) groups is 3. The number of hydrogen-bond acceptors (Lipinski definition) is 5. The molecule has 1 aromatic carbocycles. The summed E-state index contributed by atoms with van der Waals surface area (Å²) >= 11 is 0. The molecule has 0 aromatic heterocycles. The van der Waals surface area contributed by atoms with Gasteiger partial charge in [0.2, 0.25) is 11.8 Å². The molecule has 0 radical (unpaired) electrons. The van der Waals surface area contributed by atoms with Crippen molar-refractivity contribution in [3.05, 3.63) is 24.0 Å². The van der Waals surface area contributed by atoms with Crippen molar-refractivity contribution in [1.82, 2.24) is 0 Å². The van der Waals surface area contributed by atoms with Gasteiger partial charge in [0, 0.05) is 18.2 Å². The predicted molar refractivity (Wildman–Crippen MR) is 89.6 cm³/mol. The van der Waals surface area contributed by atoms with Crippen LogP contribution in [-0.2, 0) is 19.1 Å². The van der Waals surface area contributed by atoms with Crippen LogP contribution in [0.5, 0.6) is 0 Å².